The van der Waals surface area contributed by atoms with E-state index in [1.165, 1.54) is 7.11 Å². The Balaban J connectivity index is 2.25. The van der Waals surface area contributed by atoms with Gasteiger partial charge in [0.25, 0.3) is 0 Å². The summed E-state index contributed by atoms with van der Waals surface area (Å²) in [5.74, 6) is -1.01. The van der Waals surface area contributed by atoms with Crippen molar-refractivity contribution in [2.24, 2.45) is 5.41 Å². The molecule has 0 radical (unpaired) electrons. The molecule has 106 valence electrons. The number of rotatable bonds is 3. The quantitative estimate of drug-likeness (QED) is 0.672. The highest BCUT2D eigenvalue weighted by molar-refractivity contribution is 6.06. The number of esters is 1. The fourth-order valence-corrected chi connectivity index (χ4v) is 2.47. The zero-order valence-electron chi connectivity index (χ0n) is 11.7. The molecule has 0 aromatic heterocycles. The summed E-state index contributed by atoms with van der Waals surface area (Å²) < 4.78 is 4.64. The third-order valence-electron chi connectivity index (χ3n) is 4.09. The predicted octanol–water partition coefficient (Wildman–Crippen LogP) is 1.63. The maximum Gasteiger partial charge on any atom is 0.337 e. The predicted molar refractivity (Wildman–Crippen MR) is 72.1 cm³/mol. The fraction of sp³-hybridized carbons (Fsp3) is 0.400. The lowest BCUT2D eigenvalue weighted by molar-refractivity contribution is -0.128. The molecule has 0 bridgehead atoms. The second kappa shape index (κ2) is 5.07. The molecule has 20 heavy (non-hydrogen) atoms. The van der Waals surface area contributed by atoms with Gasteiger partial charge in [-0.1, -0.05) is 19.1 Å². The molecule has 0 aliphatic carbocycles. The minimum absolute atomic E-state index is 0.124. The SMILES string of the molecule is COC(=O)c1ccc(C(C)[C@@]2(C)CC(=O)NC2=O)cc1. The van der Waals surface area contributed by atoms with Gasteiger partial charge in [-0.05, 0) is 30.5 Å². The minimum Gasteiger partial charge on any atom is -0.465 e. The topological polar surface area (TPSA) is 72.5 Å². The molecule has 1 heterocycles. The van der Waals surface area contributed by atoms with Gasteiger partial charge in [0.2, 0.25) is 11.8 Å². The third-order valence-corrected chi connectivity index (χ3v) is 4.09. The summed E-state index contributed by atoms with van der Waals surface area (Å²) in [6.07, 6.45) is 0.186. The number of methoxy groups -OCH3 is 1. The molecule has 5 nitrogen and oxygen atoms in total. The summed E-state index contributed by atoms with van der Waals surface area (Å²) in [5, 5.41) is 2.34. The number of hydrogen-bond acceptors (Lipinski definition) is 4. The van der Waals surface area contributed by atoms with E-state index in [-0.39, 0.29) is 24.2 Å². The Hall–Kier alpha value is -2.17. The first-order valence-corrected chi connectivity index (χ1v) is 6.41. The number of amides is 2. The Kier molecular flexibility index (Phi) is 3.61. The van der Waals surface area contributed by atoms with Crippen molar-refractivity contribution in [3.63, 3.8) is 0 Å². The molecule has 1 saturated heterocycles. The first kappa shape index (κ1) is 14.2. The van der Waals surface area contributed by atoms with Crippen molar-refractivity contribution >= 4 is 17.8 Å². The van der Waals surface area contributed by atoms with Crippen LogP contribution in [0.15, 0.2) is 24.3 Å². The van der Waals surface area contributed by atoms with Crippen LogP contribution in [0, 0.1) is 5.41 Å². The molecule has 1 aromatic carbocycles. The highest BCUT2D eigenvalue weighted by atomic mass is 16.5. The molecule has 1 aromatic rings. The average molecular weight is 275 g/mol. The molecular weight excluding hydrogens is 258 g/mol. The van der Waals surface area contributed by atoms with Crippen molar-refractivity contribution in [2.75, 3.05) is 7.11 Å². The van der Waals surface area contributed by atoms with E-state index in [1.54, 1.807) is 31.2 Å². The van der Waals surface area contributed by atoms with Crippen LogP contribution >= 0.6 is 0 Å². The number of ether oxygens (including phenoxy) is 1. The van der Waals surface area contributed by atoms with Crippen LogP contribution in [0.25, 0.3) is 0 Å². The molecule has 1 aliphatic heterocycles. The number of carbonyl (C=O) groups excluding carboxylic acids is 3. The van der Waals surface area contributed by atoms with Crippen molar-refractivity contribution in [1.82, 2.24) is 5.32 Å². The summed E-state index contributed by atoms with van der Waals surface area (Å²) in [6, 6.07) is 6.90. The lowest BCUT2D eigenvalue weighted by Gasteiger charge is -2.28. The Morgan fingerprint density at radius 3 is 2.35 bits per heavy atom. The van der Waals surface area contributed by atoms with Crippen LogP contribution in [0.4, 0.5) is 0 Å². The van der Waals surface area contributed by atoms with Gasteiger partial charge in [0.1, 0.15) is 0 Å². The zero-order chi connectivity index (χ0) is 14.9. The molecule has 1 fully saturated rings. The first-order valence-electron chi connectivity index (χ1n) is 6.41. The van der Waals surface area contributed by atoms with Gasteiger partial charge in [-0.15, -0.1) is 0 Å². The van der Waals surface area contributed by atoms with E-state index in [1.807, 2.05) is 6.92 Å². The summed E-state index contributed by atoms with van der Waals surface area (Å²) in [6.45, 7) is 3.69. The summed E-state index contributed by atoms with van der Waals surface area (Å²) >= 11 is 0. The van der Waals surface area contributed by atoms with E-state index in [9.17, 15) is 14.4 Å². The van der Waals surface area contributed by atoms with Gasteiger partial charge in [0.15, 0.2) is 0 Å². The monoisotopic (exact) mass is 275 g/mol. The van der Waals surface area contributed by atoms with E-state index in [4.69, 9.17) is 0 Å². The Bertz CT molecular complexity index is 564. The van der Waals surface area contributed by atoms with Crippen LogP contribution in [0.3, 0.4) is 0 Å². The lowest BCUT2D eigenvalue weighted by atomic mass is 9.73. The average Bonchev–Trinajstić information content (AvgIpc) is 2.71. The molecule has 1 N–H and O–H groups in total. The Labute approximate surface area is 117 Å². The summed E-state index contributed by atoms with van der Waals surface area (Å²) in [4.78, 5) is 34.7. The summed E-state index contributed by atoms with van der Waals surface area (Å²) in [5.41, 5.74) is 0.620. The number of imide groups is 1. The number of benzene rings is 1. The van der Waals surface area contributed by atoms with E-state index in [0.29, 0.717) is 5.56 Å². The van der Waals surface area contributed by atoms with E-state index in [2.05, 4.69) is 10.1 Å². The molecule has 2 rings (SSSR count). The molecule has 2 amide bonds. The Morgan fingerprint density at radius 1 is 1.30 bits per heavy atom. The molecule has 5 heteroatoms. The molecule has 0 saturated carbocycles. The van der Waals surface area contributed by atoms with E-state index in [0.717, 1.165) is 5.56 Å². The molecule has 0 spiro atoms. The van der Waals surface area contributed by atoms with Crippen LogP contribution < -0.4 is 5.32 Å². The maximum absolute atomic E-state index is 11.9. The largest absolute Gasteiger partial charge is 0.465 e. The molecule has 1 aliphatic rings. The van der Waals surface area contributed by atoms with Crippen LogP contribution in [0.2, 0.25) is 0 Å². The van der Waals surface area contributed by atoms with Gasteiger partial charge >= 0.3 is 5.97 Å². The zero-order valence-corrected chi connectivity index (χ0v) is 11.7. The van der Waals surface area contributed by atoms with Gasteiger partial charge in [-0.25, -0.2) is 4.79 Å². The van der Waals surface area contributed by atoms with Gasteiger partial charge in [0, 0.05) is 6.42 Å². The van der Waals surface area contributed by atoms with Gasteiger partial charge in [-0.3, -0.25) is 14.9 Å². The van der Waals surface area contributed by atoms with Crippen molar-refractivity contribution in [3.05, 3.63) is 35.4 Å². The molecule has 1 unspecified atom stereocenters. The van der Waals surface area contributed by atoms with Crippen LogP contribution in [0.1, 0.15) is 42.1 Å². The second-order valence-corrected chi connectivity index (χ2v) is 5.31. The number of hydrogen-bond donors (Lipinski definition) is 1. The van der Waals surface area contributed by atoms with Crippen LogP contribution in [-0.4, -0.2) is 24.9 Å². The van der Waals surface area contributed by atoms with Crippen LogP contribution in [0.5, 0.6) is 0 Å². The van der Waals surface area contributed by atoms with Crippen molar-refractivity contribution in [2.45, 2.75) is 26.2 Å². The number of carbonyl (C=O) groups is 3. The standard InChI is InChI=1S/C15H17NO4/c1-9(15(2)8-12(17)16-14(15)19)10-4-6-11(7-5-10)13(18)20-3/h4-7,9H,8H2,1-3H3,(H,16,17,19)/t9?,15-/m1/s1. The van der Waals surface area contributed by atoms with E-state index < -0.39 is 11.4 Å². The number of nitrogens with one attached hydrogen (secondary N) is 1. The van der Waals surface area contributed by atoms with Crippen LogP contribution in [-0.2, 0) is 14.3 Å². The minimum atomic E-state index is -0.746. The fourth-order valence-electron chi connectivity index (χ4n) is 2.47. The smallest absolute Gasteiger partial charge is 0.337 e. The highest BCUT2D eigenvalue weighted by Crippen LogP contribution is 2.41. The highest BCUT2D eigenvalue weighted by Gasteiger charge is 2.46. The summed E-state index contributed by atoms with van der Waals surface area (Å²) in [7, 11) is 1.33. The van der Waals surface area contributed by atoms with Gasteiger partial charge < -0.3 is 4.74 Å². The third kappa shape index (κ3) is 2.31. The van der Waals surface area contributed by atoms with Crippen molar-refractivity contribution in [1.29, 1.82) is 0 Å². The Morgan fingerprint density at radius 2 is 1.90 bits per heavy atom. The van der Waals surface area contributed by atoms with Gasteiger partial charge in [-0.2, -0.15) is 0 Å². The maximum atomic E-state index is 11.9. The normalized spacial score (nSPS) is 23.4. The first-order chi connectivity index (χ1) is 9.38. The second-order valence-electron chi connectivity index (χ2n) is 5.31. The lowest BCUT2D eigenvalue weighted by Crippen LogP contribution is -2.33. The van der Waals surface area contributed by atoms with Crippen molar-refractivity contribution < 1.29 is 19.1 Å². The molecular formula is C15H17NO4. The molecule has 2 atom stereocenters. The van der Waals surface area contributed by atoms with Gasteiger partial charge in [0.05, 0.1) is 18.1 Å². The van der Waals surface area contributed by atoms with E-state index >= 15 is 0 Å². The van der Waals surface area contributed by atoms with Crippen molar-refractivity contribution in [3.8, 4) is 0 Å².